The van der Waals surface area contributed by atoms with E-state index in [0.717, 1.165) is 5.65 Å². The van der Waals surface area contributed by atoms with Crippen molar-refractivity contribution in [2.24, 2.45) is 0 Å². The van der Waals surface area contributed by atoms with E-state index in [1.165, 1.54) is 0 Å². The molecule has 5 nitrogen and oxygen atoms in total. The molecule has 0 fully saturated rings. The fourth-order valence-electron chi connectivity index (χ4n) is 1.92. The first-order chi connectivity index (χ1) is 9.29. The SMILES string of the molecule is CCC(=O)Nc1c(-c2ccco2)nc2ccccn12. The third-order valence-corrected chi connectivity index (χ3v) is 2.86. The average Bonchev–Trinajstić information content (AvgIpc) is 3.06. The Morgan fingerprint density at radius 1 is 1.37 bits per heavy atom. The maximum atomic E-state index is 11.7. The molecule has 96 valence electrons. The second-order valence-corrected chi connectivity index (χ2v) is 4.12. The quantitative estimate of drug-likeness (QED) is 0.782. The summed E-state index contributed by atoms with van der Waals surface area (Å²) in [6.07, 6.45) is 3.86. The van der Waals surface area contributed by atoms with Crippen molar-refractivity contribution in [2.75, 3.05) is 5.32 Å². The highest BCUT2D eigenvalue weighted by Crippen LogP contribution is 2.28. The number of carbonyl (C=O) groups excluding carboxylic acids is 1. The van der Waals surface area contributed by atoms with Crippen LogP contribution >= 0.6 is 0 Å². The predicted molar refractivity (Wildman–Crippen MR) is 71.8 cm³/mol. The molecular weight excluding hydrogens is 242 g/mol. The molecule has 1 N–H and O–H groups in total. The topological polar surface area (TPSA) is 59.5 Å². The van der Waals surface area contributed by atoms with Crippen LogP contribution in [0.2, 0.25) is 0 Å². The molecule has 3 rings (SSSR count). The molecule has 0 bridgehead atoms. The van der Waals surface area contributed by atoms with Gasteiger partial charge in [-0.1, -0.05) is 13.0 Å². The zero-order chi connectivity index (χ0) is 13.2. The van der Waals surface area contributed by atoms with Crippen LogP contribution < -0.4 is 5.32 Å². The summed E-state index contributed by atoms with van der Waals surface area (Å²) < 4.78 is 7.22. The van der Waals surface area contributed by atoms with Crippen molar-refractivity contribution < 1.29 is 9.21 Å². The monoisotopic (exact) mass is 255 g/mol. The third-order valence-electron chi connectivity index (χ3n) is 2.86. The molecule has 0 saturated carbocycles. The molecular formula is C14H13N3O2. The summed E-state index contributed by atoms with van der Waals surface area (Å²) >= 11 is 0. The van der Waals surface area contributed by atoms with Crippen molar-refractivity contribution in [3.05, 3.63) is 42.8 Å². The van der Waals surface area contributed by atoms with Crippen molar-refractivity contribution in [1.82, 2.24) is 9.38 Å². The Hall–Kier alpha value is -2.56. The lowest BCUT2D eigenvalue weighted by atomic mass is 10.3. The number of rotatable bonds is 3. The molecule has 0 saturated heterocycles. The third kappa shape index (κ3) is 1.99. The highest BCUT2D eigenvalue weighted by molar-refractivity contribution is 5.93. The number of aromatic nitrogens is 2. The van der Waals surface area contributed by atoms with Crippen LogP contribution in [0.15, 0.2) is 47.2 Å². The van der Waals surface area contributed by atoms with Crippen molar-refractivity contribution >= 4 is 17.4 Å². The van der Waals surface area contributed by atoms with E-state index in [1.54, 1.807) is 12.3 Å². The summed E-state index contributed by atoms with van der Waals surface area (Å²) in [6.45, 7) is 1.81. The van der Waals surface area contributed by atoms with Gasteiger partial charge in [-0.05, 0) is 24.3 Å². The lowest BCUT2D eigenvalue weighted by molar-refractivity contribution is -0.115. The molecule has 0 aliphatic carbocycles. The van der Waals surface area contributed by atoms with Gasteiger partial charge in [-0.2, -0.15) is 0 Å². The first-order valence-electron chi connectivity index (χ1n) is 6.10. The van der Waals surface area contributed by atoms with Crippen molar-refractivity contribution in [1.29, 1.82) is 0 Å². The smallest absolute Gasteiger partial charge is 0.225 e. The van der Waals surface area contributed by atoms with E-state index in [0.29, 0.717) is 23.7 Å². The molecule has 0 unspecified atom stereocenters. The largest absolute Gasteiger partial charge is 0.463 e. The second-order valence-electron chi connectivity index (χ2n) is 4.12. The molecule has 0 aromatic carbocycles. The maximum absolute atomic E-state index is 11.7. The fourth-order valence-corrected chi connectivity index (χ4v) is 1.92. The van der Waals surface area contributed by atoms with Crippen LogP contribution in [0.3, 0.4) is 0 Å². The second kappa shape index (κ2) is 4.61. The molecule has 19 heavy (non-hydrogen) atoms. The zero-order valence-electron chi connectivity index (χ0n) is 10.5. The number of hydrogen-bond acceptors (Lipinski definition) is 3. The molecule has 1 amide bonds. The van der Waals surface area contributed by atoms with Gasteiger partial charge in [0.15, 0.2) is 5.76 Å². The average molecular weight is 255 g/mol. The number of anilines is 1. The maximum Gasteiger partial charge on any atom is 0.225 e. The lowest BCUT2D eigenvalue weighted by Crippen LogP contribution is -2.11. The van der Waals surface area contributed by atoms with Gasteiger partial charge in [0, 0.05) is 12.6 Å². The number of nitrogens with zero attached hydrogens (tertiary/aromatic N) is 2. The summed E-state index contributed by atoms with van der Waals surface area (Å²) in [4.78, 5) is 16.2. The number of fused-ring (bicyclic) bond motifs is 1. The van der Waals surface area contributed by atoms with Crippen LogP contribution in [0.5, 0.6) is 0 Å². The number of imidazole rings is 1. The molecule has 0 aliphatic rings. The van der Waals surface area contributed by atoms with E-state index in [-0.39, 0.29) is 5.91 Å². The van der Waals surface area contributed by atoms with Gasteiger partial charge < -0.3 is 9.73 Å². The minimum absolute atomic E-state index is 0.0570. The van der Waals surface area contributed by atoms with Gasteiger partial charge in [-0.25, -0.2) is 4.98 Å². The van der Waals surface area contributed by atoms with Crippen LogP contribution in [0.25, 0.3) is 17.1 Å². The van der Waals surface area contributed by atoms with Gasteiger partial charge in [-0.3, -0.25) is 9.20 Å². The Balaban J connectivity index is 2.19. The van der Waals surface area contributed by atoms with E-state index in [9.17, 15) is 4.79 Å². The molecule has 0 aliphatic heterocycles. The first-order valence-corrected chi connectivity index (χ1v) is 6.10. The summed E-state index contributed by atoms with van der Waals surface area (Å²) in [7, 11) is 0. The number of carbonyl (C=O) groups is 1. The van der Waals surface area contributed by atoms with Crippen molar-refractivity contribution in [2.45, 2.75) is 13.3 Å². The van der Waals surface area contributed by atoms with Crippen LogP contribution in [-0.2, 0) is 4.79 Å². The molecule has 3 aromatic rings. The molecule has 3 aromatic heterocycles. The zero-order valence-corrected chi connectivity index (χ0v) is 10.5. The summed E-state index contributed by atoms with van der Waals surface area (Å²) in [5, 5.41) is 2.87. The van der Waals surface area contributed by atoms with Gasteiger partial charge >= 0.3 is 0 Å². The summed E-state index contributed by atoms with van der Waals surface area (Å²) in [6, 6.07) is 9.30. The van der Waals surface area contributed by atoms with E-state index in [1.807, 2.05) is 41.8 Å². The minimum Gasteiger partial charge on any atom is -0.463 e. The highest BCUT2D eigenvalue weighted by atomic mass is 16.3. The number of furan rings is 1. The standard InChI is InChI=1S/C14H13N3O2/c1-2-12(18)16-14-13(10-6-5-9-19-10)15-11-7-3-4-8-17(11)14/h3-9H,2H2,1H3,(H,16,18). The summed E-state index contributed by atoms with van der Waals surface area (Å²) in [5.74, 6) is 1.21. The molecule has 0 atom stereocenters. The van der Waals surface area contributed by atoms with Crippen LogP contribution in [0.4, 0.5) is 5.82 Å². The number of pyridine rings is 1. The van der Waals surface area contributed by atoms with Crippen molar-refractivity contribution in [3.8, 4) is 11.5 Å². The Morgan fingerprint density at radius 2 is 2.26 bits per heavy atom. The summed E-state index contributed by atoms with van der Waals surface area (Å²) in [5.41, 5.74) is 1.40. The molecule has 5 heteroatoms. The first kappa shape index (κ1) is 11.5. The Morgan fingerprint density at radius 3 is 3.00 bits per heavy atom. The number of hydrogen-bond donors (Lipinski definition) is 1. The fraction of sp³-hybridized carbons (Fsp3) is 0.143. The Labute approximate surface area is 109 Å². The van der Waals surface area contributed by atoms with E-state index in [4.69, 9.17) is 4.42 Å². The molecule has 3 heterocycles. The Kier molecular flexibility index (Phi) is 2.79. The molecule has 0 radical (unpaired) electrons. The molecule has 0 spiro atoms. The van der Waals surface area contributed by atoms with E-state index in [2.05, 4.69) is 10.3 Å². The van der Waals surface area contributed by atoms with Gasteiger partial charge in [-0.15, -0.1) is 0 Å². The normalized spacial score (nSPS) is 10.8. The van der Waals surface area contributed by atoms with Crippen molar-refractivity contribution in [3.63, 3.8) is 0 Å². The lowest BCUT2D eigenvalue weighted by Gasteiger charge is -2.04. The van der Waals surface area contributed by atoms with Crippen LogP contribution in [0.1, 0.15) is 13.3 Å². The van der Waals surface area contributed by atoms with Crippen LogP contribution in [0, 0.1) is 0 Å². The van der Waals surface area contributed by atoms with Gasteiger partial charge in [0.1, 0.15) is 17.2 Å². The number of nitrogens with one attached hydrogen (secondary N) is 1. The van der Waals surface area contributed by atoms with Crippen LogP contribution in [-0.4, -0.2) is 15.3 Å². The Bertz CT molecular complexity index is 713. The minimum atomic E-state index is -0.0570. The highest BCUT2D eigenvalue weighted by Gasteiger charge is 2.17. The predicted octanol–water partition coefficient (Wildman–Crippen LogP) is 2.94. The van der Waals surface area contributed by atoms with Gasteiger partial charge in [0.25, 0.3) is 0 Å². The van der Waals surface area contributed by atoms with Gasteiger partial charge in [0.05, 0.1) is 6.26 Å². The van der Waals surface area contributed by atoms with E-state index >= 15 is 0 Å². The van der Waals surface area contributed by atoms with E-state index < -0.39 is 0 Å². The number of amides is 1. The van der Waals surface area contributed by atoms with Gasteiger partial charge in [0.2, 0.25) is 5.91 Å².